The van der Waals surface area contributed by atoms with Gasteiger partial charge in [-0.1, -0.05) is 18.2 Å². The Labute approximate surface area is 197 Å². The highest BCUT2D eigenvalue weighted by molar-refractivity contribution is 7.13. The third-order valence-corrected chi connectivity index (χ3v) is 7.14. The first-order valence-corrected chi connectivity index (χ1v) is 12.1. The number of benzene rings is 2. The van der Waals surface area contributed by atoms with Crippen LogP contribution in [0.3, 0.4) is 0 Å². The summed E-state index contributed by atoms with van der Waals surface area (Å²) in [5.74, 6) is 0.642. The highest BCUT2D eigenvalue weighted by atomic mass is 32.1. The smallest absolute Gasteiger partial charge is 0.252 e. The van der Waals surface area contributed by atoms with Gasteiger partial charge in [-0.25, -0.2) is 0 Å². The Hall–Kier alpha value is -3.22. The lowest BCUT2D eigenvalue weighted by molar-refractivity contribution is 0.0930. The van der Waals surface area contributed by atoms with Crippen molar-refractivity contribution in [1.29, 1.82) is 0 Å². The van der Waals surface area contributed by atoms with Gasteiger partial charge in [-0.3, -0.25) is 9.78 Å². The summed E-state index contributed by atoms with van der Waals surface area (Å²) in [6, 6.07) is 18.3. The Bertz CT molecular complexity index is 1300. The summed E-state index contributed by atoms with van der Waals surface area (Å²) in [4.78, 5) is 19.3. The van der Waals surface area contributed by atoms with Gasteiger partial charge in [0.25, 0.3) is 5.91 Å². The van der Waals surface area contributed by atoms with Crippen LogP contribution in [-0.4, -0.2) is 31.1 Å². The van der Waals surface area contributed by atoms with E-state index >= 15 is 0 Å². The van der Waals surface area contributed by atoms with Crippen LogP contribution in [0, 0.1) is 6.92 Å². The van der Waals surface area contributed by atoms with Crippen molar-refractivity contribution in [3.63, 3.8) is 0 Å². The van der Waals surface area contributed by atoms with Crippen molar-refractivity contribution in [1.82, 2.24) is 15.6 Å². The molecule has 0 spiro atoms. The number of ether oxygens (including phenoxy) is 1. The van der Waals surface area contributed by atoms with Crippen LogP contribution in [0.4, 0.5) is 0 Å². The third-order valence-electron chi connectivity index (χ3n) is 6.22. The number of carbonyl (C=O) groups is 1. The van der Waals surface area contributed by atoms with E-state index in [2.05, 4.69) is 51.3 Å². The van der Waals surface area contributed by atoms with E-state index in [1.807, 2.05) is 44.4 Å². The molecule has 1 aliphatic carbocycles. The molecule has 1 fully saturated rings. The Morgan fingerprint density at radius 3 is 2.79 bits per heavy atom. The maximum Gasteiger partial charge on any atom is 0.252 e. The topological polar surface area (TPSA) is 63.2 Å². The predicted octanol–water partition coefficient (Wildman–Crippen LogP) is 5.29. The summed E-state index contributed by atoms with van der Waals surface area (Å²) >= 11 is 1.71. The number of rotatable bonds is 8. The molecule has 0 aliphatic heterocycles. The minimum absolute atomic E-state index is 0.0670. The molecular weight excluding hydrogens is 430 g/mol. The largest absolute Gasteiger partial charge is 0.492 e. The number of thiophene rings is 1. The minimum Gasteiger partial charge on any atom is -0.492 e. The molecule has 0 saturated heterocycles. The summed E-state index contributed by atoms with van der Waals surface area (Å²) in [5, 5.41) is 9.61. The van der Waals surface area contributed by atoms with Gasteiger partial charge in [-0.2, -0.15) is 0 Å². The first-order chi connectivity index (χ1) is 16.1. The summed E-state index contributed by atoms with van der Waals surface area (Å²) < 4.78 is 5.79. The van der Waals surface area contributed by atoms with Gasteiger partial charge in [0.1, 0.15) is 12.4 Å². The third kappa shape index (κ3) is 4.36. The number of nitrogens with one attached hydrogen (secondary N) is 2. The summed E-state index contributed by atoms with van der Waals surface area (Å²) in [6.07, 6.45) is 3.65. The van der Waals surface area contributed by atoms with Gasteiger partial charge in [0.05, 0.1) is 11.1 Å². The Kier molecular flexibility index (Phi) is 5.87. The zero-order valence-electron chi connectivity index (χ0n) is 18.9. The molecule has 33 heavy (non-hydrogen) atoms. The molecule has 168 valence electrons. The molecule has 2 heterocycles. The van der Waals surface area contributed by atoms with Crippen molar-refractivity contribution in [3.8, 4) is 16.2 Å². The molecule has 6 heteroatoms. The zero-order valence-corrected chi connectivity index (χ0v) is 19.7. The fourth-order valence-corrected chi connectivity index (χ4v) is 4.96. The first-order valence-electron chi connectivity index (χ1n) is 11.2. The predicted molar refractivity (Wildman–Crippen MR) is 134 cm³/mol. The molecule has 1 aliphatic rings. The number of hydrogen-bond acceptors (Lipinski definition) is 5. The van der Waals surface area contributed by atoms with E-state index in [1.54, 1.807) is 11.3 Å². The van der Waals surface area contributed by atoms with Crippen molar-refractivity contribution in [2.24, 2.45) is 0 Å². The van der Waals surface area contributed by atoms with Gasteiger partial charge in [0.2, 0.25) is 0 Å². The van der Waals surface area contributed by atoms with Gasteiger partial charge in [0, 0.05) is 28.6 Å². The molecule has 0 radical (unpaired) electrons. The molecule has 4 aromatic rings. The normalized spacial score (nSPS) is 14.2. The van der Waals surface area contributed by atoms with Crippen LogP contribution < -0.4 is 15.4 Å². The van der Waals surface area contributed by atoms with E-state index in [0.717, 1.165) is 47.0 Å². The molecule has 2 aromatic carbocycles. The molecule has 0 bridgehead atoms. The Morgan fingerprint density at radius 2 is 2.03 bits per heavy atom. The Morgan fingerprint density at radius 1 is 1.15 bits per heavy atom. The van der Waals surface area contributed by atoms with Crippen molar-refractivity contribution < 1.29 is 9.53 Å². The second-order valence-corrected chi connectivity index (χ2v) is 9.48. The van der Waals surface area contributed by atoms with Gasteiger partial charge in [-0.05, 0) is 85.3 Å². The number of hydrogen-bond donors (Lipinski definition) is 2. The molecule has 5 nitrogen and oxygen atoms in total. The van der Waals surface area contributed by atoms with Gasteiger partial charge in [0.15, 0.2) is 0 Å². The summed E-state index contributed by atoms with van der Waals surface area (Å²) in [6.45, 7) is 3.27. The lowest BCUT2D eigenvalue weighted by Gasteiger charge is -2.22. The maximum atomic E-state index is 13.4. The number of likely N-dealkylation sites (N-methyl/N-ethyl adjacent to an activating group) is 1. The van der Waals surface area contributed by atoms with E-state index in [9.17, 15) is 4.79 Å². The van der Waals surface area contributed by atoms with Crippen LogP contribution >= 0.6 is 11.3 Å². The monoisotopic (exact) mass is 457 g/mol. The lowest BCUT2D eigenvalue weighted by Crippen LogP contribution is -2.35. The van der Waals surface area contributed by atoms with Crippen LogP contribution in [0.15, 0.2) is 66.2 Å². The van der Waals surface area contributed by atoms with Crippen molar-refractivity contribution in [3.05, 3.63) is 82.9 Å². The number of nitrogens with zero attached hydrogens (tertiary/aromatic N) is 1. The minimum atomic E-state index is -0.374. The molecule has 1 amide bonds. The second-order valence-electron chi connectivity index (χ2n) is 8.54. The lowest BCUT2D eigenvalue weighted by atomic mass is 9.95. The van der Waals surface area contributed by atoms with Crippen LogP contribution in [0.5, 0.6) is 5.75 Å². The second kappa shape index (κ2) is 8.96. The standard InChI is InChI=1S/C27H27N3O2S/c1-18-7-8-20(32-13-12-28-2)17-22(18)26(31)30-27(9-10-27)23-15-19(25-6-4-14-33-25)16-24-21(23)5-3-11-29-24/h3-8,11,14-17,28H,9-10,12-13H2,1-2H3,(H,30,31). The number of pyridine rings is 1. The number of fused-ring (bicyclic) bond motifs is 1. The van der Waals surface area contributed by atoms with E-state index in [1.165, 1.54) is 4.88 Å². The molecule has 5 rings (SSSR count). The van der Waals surface area contributed by atoms with Crippen molar-refractivity contribution in [2.75, 3.05) is 20.2 Å². The van der Waals surface area contributed by atoms with Crippen molar-refractivity contribution in [2.45, 2.75) is 25.3 Å². The molecule has 2 aromatic heterocycles. The summed E-state index contributed by atoms with van der Waals surface area (Å²) in [5.41, 5.74) is 4.45. The van der Waals surface area contributed by atoms with Gasteiger partial charge in [-0.15, -0.1) is 11.3 Å². The summed E-state index contributed by atoms with van der Waals surface area (Å²) in [7, 11) is 1.89. The molecule has 2 N–H and O–H groups in total. The zero-order chi connectivity index (χ0) is 22.8. The number of aryl methyl sites for hydroxylation is 1. The van der Waals surface area contributed by atoms with Crippen LogP contribution in [-0.2, 0) is 5.54 Å². The van der Waals surface area contributed by atoms with Gasteiger partial charge < -0.3 is 15.4 Å². The highest BCUT2D eigenvalue weighted by Crippen LogP contribution is 2.49. The van der Waals surface area contributed by atoms with Crippen LogP contribution in [0.25, 0.3) is 21.3 Å². The van der Waals surface area contributed by atoms with E-state index in [4.69, 9.17) is 4.74 Å². The highest BCUT2D eigenvalue weighted by Gasteiger charge is 2.47. The van der Waals surface area contributed by atoms with Crippen molar-refractivity contribution >= 4 is 28.1 Å². The van der Waals surface area contributed by atoms with E-state index in [-0.39, 0.29) is 11.4 Å². The van der Waals surface area contributed by atoms with Gasteiger partial charge >= 0.3 is 0 Å². The average Bonchev–Trinajstić information content (AvgIpc) is 3.39. The average molecular weight is 458 g/mol. The SMILES string of the molecule is CNCCOc1ccc(C)c(C(=O)NC2(c3cc(-c4cccs4)cc4ncccc34)CC2)c1. The first kappa shape index (κ1) is 21.6. The molecule has 0 unspecified atom stereocenters. The molecule has 1 saturated carbocycles. The number of carbonyl (C=O) groups excluding carboxylic acids is 1. The molecule has 0 atom stereocenters. The number of aromatic nitrogens is 1. The fraction of sp³-hybridized carbons (Fsp3) is 0.259. The fourth-order valence-electron chi connectivity index (χ4n) is 4.24. The number of amides is 1. The maximum absolute atomic E-state index is 13.4. The Balaban J connectivity index is 1.48. The quantitative estimate of drug-likeness (QED) is 0.353. The van der Waals surface area contributed by atoms with E-state index < -0.39 is 0 Å². The molecular formula is C27H27N3O2S. The van der Waals surface area contributed by atoms with Crippen LogP contribution in [0.2, 0.25) is 0 Å². The van der Waals surface area contributed by atoms with E-state index in [0.29, 0.717) is 17.9 Å². The van der Waals surface area contributed by atoms with Crippen LogP contribution in [0.1, 0.15) is 34.3 Å².